The molecule has 1 amide bonds. The molecule has 50 heavy (non-hydrogen) atoms. The van der Waals surface area contributed by atoms with Crippen LogP contribution in [0, 0.1) is 0 Å². The number of halogens is 1. The number of methoxy groups -OCH3 is 2. The lowest BCUT2D eigenvalue weighted by molar-refractivity contribution is -0.0931. The first-order valence-electron chi connectivity index (χ1n) is 16.0. The van der Waals surface area contributed by atoms with Gasteiger partial charge in [-0.3, -0.25) is 9.36 Å². The molecule has 1 fully saturated rings. The molecule has 1 aliphatic heterocycles. The number of imidazole rings is 1. The molecule has 7 rings (SSSR count). The quantitative estimate of drug-likeness (QED) is 0.117. The van der Waals surface area contributed by atoms with Gasteiger partial charge in [0.05, 0.1) is 33.3 Å². The number of amides is 1. The topological polar surface area (TPSA) is 130 Å². The highest BCUT2D eigenvalue weighted by Crippen LogP contribution is 2.43. The smallest absolute Gasteiger partial charge is 0.256 e. The van der Waals surface area contributed by atoms with E-state index in [-0.39, 0.29) is 30.0 Å². The van der Waals surface area contributed by atoms with Gasteiger partial charge < -0.3 is 29.4 Å². The lowest BCUT2D eigenvalue weighted by Crippen LogP contribution is -2.38. The third kappa shape index (κ3) is 6.39. The minimum atomic E-state index is -1.09. The number of nitrogens with one attached hydrogen (secondary N) is 1. The second kappa shape index (κ2) is 14.3. The van der Waals surface area contributed by atoms with Crippen LogP contribution in [0.4, 0.5) is 5.82 Å². The highest BCUT2D eigenvalue weighted by Gasteiger charge is 2.42. The Bertz CT molecular complexity index is 2030. The van der Waals surface area contributed by atoms with Crippen molar-refractivity contribution in [3.63, 3.8) is 0 Å². The van der Waals surface area contributed by atoms with E-state index in [1.165, 1.54) is 6.33 Å². The highest BCUT2D eigenvalue weighted by atomic mass is 35.5. The molecular formula is C38H34ClN5O6. The Morgan fingerprint density at radius 2 is 1.46 bits per heavy atom. The van der Waals surface area contributed by atoms with Crippen molar-refractivity contribution >= 4 is 34.5 Å². The lowest BCUT2D eigenvalue weighted by atomic mass is 9.80. The van der Waals surface area contributed by atoms with E-state index < -0.39 is 24.0 Å². The maximum Gasteiger partial charge on any atom is 0.256 e. The van der Waals surface area contributed by atoms with Gasteiger partial charge in [-0.2, -0.15) is 9.97 Å². The summed E-state index contributed by atoms with van der Waals surface area (Å²) in [5.74, 6) is 1.22. The van der Waals surface area contributed by atoms with Gasteiger partial charge in [0.25, 0.3) is 5.91 Å². The van der Waals surface area contributed by atoms with E-state index in [2.05, 4.69) is 20.3 Å². The van der Waals surface area contributed by atoms with Crippen LogP contribution in [-0.4, -0.2) is 63.6 Å². The van der Waals surface area contributed by atoms with Crippen LogP contribution in [0.3, 0.4) is 0 Å². The number of hydrogen-bond acceptors (Lipinski definition) is 9. The summed E-state index contributed by atoms with van der Waals surface area (Å²) in [4.78, 5) is 26.0. The Morgan fingerprint density at radius 1 is 0.880 bits per heavy atom. The van der Waals surface area contributed by atoms with Crippen LogP contribution in [0.15, 0.2) is 116 Å². The number of rotatable bonds is 11. The van der Waals surface area contributed by atoms with Crippen molar-refractivity contribution in [2.75, 3.05) is 26.1 Å². The highest BCUT2D eigenvalue weighted by molar-refractivity contribution is 6.29. The van der Waals surface area contributed by atoms with Crippen LogP contribution >= 0.6 is 11.6 Å². The van der Waals surface area contributed by atoms with Crippen LogP contribution in [-0.2, 0) is 15.1 Å². The second-order valence-corrected chi connectivity index (χ2v) is 12.1. The zero-order valence-electron chi connectivity index (χ0n) is 27.3. The minimum Gasteiger partial charge on any atom is -0.497 e. The largest absolute Gasteiger partial charge is 0.497 e. The Hall–Kier alpha value is -5.33. The monoisotopic (exact) mass is 691 g/mol. The standard InChI is InChI=1S/C38H34ClN5O6/c1-47-28-17-13-26(14-18-28)38(25-11-7-4-8-12-25,27-15-19-29(48-2)20-16-27)49-22-31-30(45)21-32(50-31)44-23-40-33-34(42-37(39)43-35(33)44)41-36(46)24-9-5-3-6-10-24/h3-20,23,30-32,45H,21-22H2,1-2H3,(H,41,42,43,46)/t30?,31-,32-/m1/s1. The predicted octanol–water partition coefficient (Wildman–Crippen LogP) is 6.41. The molecule has 0 spiro atoms. The molecular weight excluding hydrogens is 658 g/mol. The van der Waals surface area contributed by atoms with E-state index in [4.69, 9.17) is 30.5 Å². The van der Waals surface area contributed by atoms with Crippen LogP contribution < -0.4 is 14.8 Å². The van der Waals surface area contributed by atoms with E-state index in [0.29, 0.717) is 28.2 Å². The van der Waals surface area contributed by atoms with E-state index in [0.717, 1.165) is 16.7 Å². The molecule has 6 aromatic rings. The minimum absolute atomic E-state index is 0.0331. The first kappa shape index (κ1) is 33.2. The molecule has 2 N–H and O–H groups in total. The zero-order chi connectivity index (χ0) is 34.7. The van der Waals surface area contributed by atoms with Crippen molar-refractivity contribution < 1.29 is 28.8 Å². The summed E-state index contributed by atoms with van der Waals surface area (Å²) in [6.07, 6.45) is -0.479. The molecule has 254 valence electrons. The summed E-state index contributed by atoms with van der Waals surface area (Å²) in [7, 11) is 3.25. The fourth-order valence-corrected chi connectivity index (χ4v) is 6.44. The Labute approximate surface area is 293 Å². The second-order valence-electron chi connectivity index (χ2n) is 11.7. The Morgan fingerprint density at radius 3 is 2.06 bits per heavy atom. The summed E-state index contributed by atoms with van der Waals surface area (Å²) in [6.45, 7) is 0.0331. The van der Waals surface area contributed by atoms with Crippen molar-refractivity contribution in [2.24, 2.45) is 0 Å². The lowest BCUT2D eigenvalue weighted by Gasteiger charge is -2.37. The van der Waals surface area contributed by atoms with Gasteiger partial charge in [0.15, 0.2) is 17.0 Å². The van der Waals surface area contributed by atoms with Crippen molar-refractivity contribution in [1.29, 1.82) is 0 Å². The predicted molar refractivity (Wildman–Crippen MR) is 188 cm³/mol. The number of nitrogens with zero attached hydrogens (tertiary/aromatic N) is 4. The molecule has 3 atom stereocenters. The molecule has 1 unspecified atom stereocenters. The molecule has 0 radical (unpaired) electrons. The van der Waals surface area contributed by atoms with Crippen LogP contribution in [0.25, 0.3) is 11.2 Å². The molecule has 3 heterocycles. The fourth-order valence-electron chi connectivity index (χ4n) is 6.27. The fraction of sp³-hybridized carbons (Fsp3) is 0.211. The molecule has 12 heteroatoms. The zero-order valence-corrected chi connectivity index (χ0v) is 28.0. The van der Waals surface area contributed by atoms with Gasteiger partial charge in [-0.05, 0) is 64.7 Å². The molecule has 0 bridgehead atoms. The SMILES string of the molecule is COc1ccc(C(OC[C@H]2O[C@@H](n3cnc4c(NC(=O)c5ccccc5)nc(Cl)nc43)CC2O)(c2ccccc2)c2ccc(OC)cc2)cc1. The Balaban J connectivity index is 1.19. The van der Waals surface area contributed by atoms with Gasteiger partial charge in [-0.15, -0.1) is 0 Å². The number of carbonyl (C=O) groups excluding carboxylic acids is 1. The molecule has 11 nitrogen and oxygen atoms in total. The van der Waals surface area contributed by atoms with E-state index in [9.17, 15) is 9.90 Å². The van der Waals surface area contributed by atoms with E-state index >= 15 is 0 Å². The summed E-state index contributed by atoms with van der Waals surface area (Å²) >= 11 is 6.32. The number of aromatic nitrogens is 4. The van der Waals surface area contributed by atoms with Gasteiger partial charge >= 0.3 is 0 Å². The third-order valence-corrected chi connectivity index (χ3v) is 8.98. The van der Waals surface area contributed by atoms with Crippen LogP contribution in [0.1, 0.15) is 39.7 Å². The molecule has 1 saturated heterocycles. The summed E-state index contributed by atoms with van der Waals surface area (Å²) < 4.78 is 26.0. The van der Waals surface area contributed by atoms with Crippen LogP contribution in [0.2, 0.25) is 5.28 Å². The number of ether oxygens (including phenoxy) is 4. The van der Waals surface area contributed by atoms with Crippen LogP contribution in [0.5, 0.6) is 11.5 Å². The molecule has 4 aromatic carbocycles. The van der Waals surface area contributed by atoms with Gasteiger partial charge in [0, 0.05) is 12.0 Å². The molecule has 0 saturated carbocycles. The van der Waals surface area contributed by atoms with Gasteiger partial charge in [0.1, 0.15) is 29.4 Å². The Kier molecular flexibility index (Phi) is 9.46. The van der Waals surface area contributed by atoms with Crippen molar-refractivity contribution in [2.45, 2.75) is 30.5 Å². The van der Waals surface area contributed by atoms with E-state index in [1.807, 2.05) is 84.9 Å². The van der Waals surface area contributed by atoms with Crippen molar-refractivity contribution in [3.8, 4) is 11.5 Å². The summed E-state index contributed by atoms with van der Waals surface area (Å²) in [5, 5.41) is 14.1. The average Bonchev–Trinajstić information content (AvgIpc) is 3.76. The van der Waals surface area contributed by atoms with Gasteiger partial charge in [0.2, 0.25) is 5.28 Å². The maximum absolute atomic E-state index is 12.9. The number of aliphatic hydroxyl groups is 1. The summed E-state index contributed by atoms with van der Waals surface area (Å²) in [6, 6.07) is 34.1. The summed E-state index contributed by atoms with van der Waals surface area (Å²) in [5.41, 5.74) is 2.65. The number of fused-ring (bicyclic) bond motifs is 1. The molecule has 1 aliphatic rings. The molecule has 0 aliphatic carbocycles. The van der Waals surface area contributed by atoms with Gasteiger partial charge in [-0.1, -0.05) is 72.8 Å². The number of aliphatic hydroxyl groups excluding tert-OH is 1. The number of anilines is 1. The first-order chi connectivity index (χ1) is 24.4. The number of carbonyl (C=O) groups is 1. The third-order valence-electron chi connectivity index (χ3n) is 8.81. The first-order valence-corrected chi connectivity index (χ1v) is 16.4. The maximum atomic E-state index is 12.9. The number of hydrogen-bond donors (Lipinski definition) is 2. The number of benzene rings is 4. The van der Waals surface area contributed by atoms with Gasteiger partial charge in [-0.25, -0.2) is 4.98 Å². The van der Waals surface area contributed by atoms with Crippen molar-refractivity contribution in [3.05, 3.63) is 143 Å². The van der Waals surface area contributed by atoms with Crippen molar-refractivity contribution in [1.82, 2.24) is 19.5 Å². The normalized spacial score (nSPS) is 17.5. The average molecular weight is 692 g/mol. The molecule has 2 aromatic heterocycles. The van der Waals surface area contributed by atoms with E-state index in [1.54, 1.807) is 43.1 Å².